The third-order valence-corrected chi connectivity index (χ3v) is 2.19. The summed E-state index contributed by atoms with van der Waals surface area (Å²) in [5.74, 6) is 0. The molecule has 0 radical (unpaired) electrons. The van der Waals surface area contributed by atoms with Gasteiger partial charge in [0.05, 0.1) is 0 Å². The van der Waals surface area contributed by atoms with E-state index in [1.54, 1.807) is 0 Å². The summed E-state index contributed by atoms with van der Waals surface area (Å²) in [5.41, 5.74) is 0. The van der Waals surface area contributed by atoms with E-state index in [1.165, 1.54) is 6.42 Å². The van der Waals surface area contributed by atoms with Crippen LogP contribution in [0, 0.1) is 0 Å². The summed E-state index contributed by atoms with van der Waals surface area (Å²) in [6.07, 6.45) is 2.08. The summed E-state index contributed by atoms with van der Waals surface area (Å²) in [5, 5.41) is 8.59. The number of rotatable bonds is 7. The van der Waals surface area contributed by atoms with E-state index in [-0.39, 0.29) is 0 Å². The van der Waals surface area contributed by atoms with Gasteiger partial charge in [-0.3, -0.25) is 3.11 Å². The highest BCUT2D eigenvalue weighted by Gasteiger charge is 1.97. The molecule has 0 aromatic carbocycles. The number of hydrogen-bond donors (Lipinski definition) is 1. The third kappa shape index (κ3) is 8.70. The molecule has 0 fully saturated rings. The molecule has 4 heteroatoms. The number of hydrogen-bond acceptors (Lipinski definition) is 3. The average molecular weight is 286 g/mol. The van der Waals surface area contributed by atoms with Crippen LogP contribution in [-0.2, 0) is 0 Å². The topological polar surface area (TPSA) is 26.7 Å². The summed E-state index contributed by atoms with van der Waals surface area (Å²) in [6, 6.07) is 0. The van der Waals surface area contributed by atoms with Crippen molar-refractivity contribution in [2.24, 2.45) is 0 Å². The highest BCUT2D eigenvalue weighted by molar-refractivity contribution is 14.1. The Balaban J connectivity index is 3.13. The van der Waals surface area contributed by atoms with Crippen molar-refractivity contribution in [1.82, 2.24) is 8.01 Å². The maximum Gasteiger partial charge on any atom is 0.0443 e. The summed E-state index contributed by atoms with van der Waals surface area (Å²) >= 11 is 2.29. The van der Waals surface area contributed by atoms with Crippen LogP contribution in [-0.4, -0.2) is 53.5 Å². The van der Waals surface area contributed by atoms with Crippen molar-refractivity contribution < 1.29 is 5.11 Å². The molecule has 0 unspecified atom stereocenters. The minimum Gasteiger partial charge on any atom is -0.396 e. The average Bonchev–Trinajstić information content (AvgIpc) is 2.00. The van der Waals surface area contributed by atoms with Gasteiger partial charge in [0.15, 0.2) is 0 Å². The van der Waals surface area contributed by atoms with E-state index in [9.17, 15) is 0 Å². The molecule has 3 nitrogen and oxygen atoms in total. The molecule has 0 saturated carbocycles. The Morgan fingerprint density at radius 1 is 1.08 bits per heavy atom. The Bertz CT molecular complexity index is 101. The van der Waals surface area contributed by atoms with E-state index in [0.717, 1.165) is 26.1 Å². The van der Waals surface area contributed by atoms with Gasteiger partial charge in [-0.05, 0) is 33.5 Å². The van der Waals surface area contributed by atoms with Crippen LogP contribution in [0.4, 0.5) is 0 Å². The lowest BCUT2D eigenvalue weighted by molar-refractivity contribution is 0.245. The molecule has 0 aromatic rings. The number of nitrogens with zero attached hydrogens (tertiary/aromatic N) is 2. The molecule has 0 bridgehead atoms. The first-order valence-corrected chi connectivity index (χ1v) is 5.29. The first-order chi connectivity index (χ1) is 5.66. The van der Waals surface area contributed by atoms with Crippen LogP contribution < -0.4 is 0 Å². The van der Waals surface area contributed by atoms with Gasteiger partial charge in [-0.1, -0.05) is 0 Å². The normalized spacial score (nSPS) is 11.5. The van der Waals surface area contributed by atoms with Crippen LogP contribution in [0.2, 0.25) is 0 Å². The maximum absolute atomic E-state index is 8.59. The zero-order chi connectivity index (χ0) is 9.40. The maximum atomic E-state index is 8.59. The Hall–Kier alpha value is 0.610. The zero-order valence-corrected chi connectivity index (χ0v) is 10.1. The quantitative estimate of drug-likeness (QED) is 0.558. The molecule has 0 spiro atoms. The van der Waals surface area contributed by atoms with Crippen molar-refractivity contribution in [2.75, 3.05) is 40.3 Å². The predicted octanol–water partition coefficient (Wildman–Crippen LogP) is 0.972. The van der Waals surface area contributed by atoms with E-state index in [2.05, 4.69) is 45.0 Å². The lowest BCUT2D eigenvalue weighted by atomic mass is 10.3. The second-order valence-corrected chi connectivity index (χ2v) is 4.71. The van der Waals surface area contributed by atoms with Crippen LogP contribution in [0.25, 0.3) is 0 Å². The van der Waals surface area contributed by atoms with E-state index < -0.39 is 0 Å². The van der Waals surface area contributed by atoms with Crippen LogP contribution in [0.1, 0.15) is 12.8 Å². The van der Waals surface area contributed by atoms with Gasteiger partial charge in [0, 0.05) is 42.6 Å². The minimum atomic E-state index is 0.302. The van der Waals surface area contributed by atoms with E-state index in [1.807, 2.05) is 0 Å². The van der Waals surface area contributed by atoms with Crippen molar-refractivity contribution in [3.63, 3.8) is 0 Å². The van der Waals surface area contributed by atoms with Crippen molar-refractivity contribution in [1.29, 1.82) is 0 Å². The standard InChI is InChI=1S/C8H19IN2O/c1-10(6-4-8-12)5-3-7-11(2)9/h12H,3-8H2,1-2H3. The van der Waals surface area contributed by atoms with Crippen molar-refractivity contribution in [3.8, 4) is 0 Å². The summed E-state index contributed by atoms with van der Waals surface area (Å²) in [4.78, 5) is 2.26. The highest BCUT2D eigenvalue weighted by atomic mass is 127. The molecule has 74 valence electrons. The van der Waals surface area contributed by atoms with Crippen molar-refractivity contribution in [2.45, 2.75) is 12.8 Å². The predicted molar refractivity (Wildman–Crippen MR) is 60.5 cm³/mol. The second kappa shape index (κ2) is 8.22. The van der Waals surface area contributed by atoms with Gasteiger partial charge in [0.25, 0.3) is 0 Å². The molecule has 0 heterocycles. The van der Waals surface area contributed by atoms with Gasteiger partial charge in [-0.25, -0.2) is 0 Å². The molecular formula is C8H19IN2O. The van der Waals surface area contributed by atoms with E-state index in [0.29, 0.717) is 6.61 Å². The highest BCUT2D eigenvalue weighted by Crippen LogP contribution is 1.96. The molecule has 0 aliphatic rings. The zero-order valence-electron chi connectivity index (χ0n) is 7.96. The van der Waals surface area contributed by atoms with Gasteiger partial charge < -0.3 is 10.0 Å². The largest absolute Gasteiger partial charge is 0.396 e. The van der Waals surface area contributed by atoms with Crippen LogP contribution >= 0.6 is 22.9 Å². The molecule has 0 amide bonds. The van der Waals surface area contributed by atoms with Gasteiger partial charge in [0.1, 0.15) is 0 Å². The van der Waals surface area contributed by atoms with Crippen LogP contribution in [0.5, 0.6) is 0 Å². The SMILES string of the molecule is CN(I)CCCN(C)CCCO. The molecular weight excluding hydrogens is 267 g/mol. The Morgan fingerprint density at radius 3 is 2.17 bits per heavy atom. The fourth-order valence-electron chi connectivity index (χ4n) is 1.01. The fraction of sp³-hybridized carbons (Fsp3) is 1.00. The fourth-order valence-corrected chi connectivity index (χ4v) is 1.35. The first-order valence-electron chi connectivity index (χ1n) is 4.33. The number of aliphatic hydroxyl groups is 1. The molecule has 0 atom stereocenters. The third-order valence-electron chi connectivity index (χ3n) is 1.70. The molecule has 0 saturated heterocycles. The minimum absolute atomic E-state index is 0.302. The molecule has 12 heavy (non-hydrogen) atoms. The Labute approximate surface area is 89.2 Å². The van der Waals surface area contributed by atoms with Crippen LogP contribution in [0.3, 0.4) is 0 Å². The molecule has 0 aliphatic carbocycles. The lowest BCUT2D eigenvalue weighted by Crippen LogP contribution is -2.23. The van der Waals surface area contributed by atoms with Gasteiger partial charge in [-0.2, -0.15) is 0 Å². The molecule has 1 N–H and O–H groups in total. The van der Waals surface area contributed by atoms with Gasteiger partial charge in [0.2, 0.25) is 0 Å². The van der Waals surface area contributed by atoms with Gasteiger partial charge >= 0.3 is 0 Å². The molecule has 0 aliphatic heterocycles. The van der Waals surface area contributed by atoms with Crippen molar-refractivity contribution >= 4 is 22.9 Å². The number of halogens is 1. The molecule has 0 rings (SSSR count). The summed E-state index contributed by atoms with van der Waals surface area (Å²) in [7, 11) is 4.18. The van der Waals surface area contributed by atoms with Crippen molar-refractivity contribution in [3.05, 3.63) is 0 Å². The smallest absolute Gasteiger partial charge is 0.0443 e. The Kier molecular flexibility index (Phi) is 8.64. The monoisotopic (exact) mass is 286 g/mol. The van der Waals surface area contributed by atoms with Gasteiger partial charge in [-0.15, -0.1) is 0 Å². The van der Waals surface area contributed by atoms with E-state index in [4.69, 9.17) is 5.11 Å². The summed E-state index contributed by atoms with van der Waals surface area (Å²) in [6.45, 7) is 3.55. The second-order valence-electron chi connectivity index (χ2n) is 3.06. The van der Waals surface area contributed by atoms with E-state index >= 15 is 0 Å². The molecule has 0 aromatic heterocycles. The number of aliphatic hydroxyl groups excluding tert-OH is 1. The first kappa shape index (κ1) is 12.6. The summed E-state index contributed by atoms with van der Waals surface area (Å²) < 4.78 is 2.16. The Morgan fingerprint density at radius 2 is 1.67 bits per heavy atom. The lowest BCUT2D eigenvalue weighted by Gasteiger charge is -2.16. The van der Waals surface area contributed by atoms with Crippen LogP contribution in [0.15, 0.2) is 0 Å².